The molecule has 124 valence electrons. The second-order valence-electron chi connectivity index (χ2n) is 6.12. The van der Waals surface area contributed by atoms with Gasteiger partial charge in [0.2, 0.25) is 0 Å². The van der Waals surface area contributed by atoms with Gasteiger partial charge in [-0.2, -0.15) is 0 Å². The van der Waals surface area contributed by atoms with E-state index in [4.69, 9.17) is 9.15 Å². The fraction of sp³-hybridized carbons (Fsp3) is 0.444. The molecule has 0 bridgehead atoms. The highest BCUT2D eigenvalue weighted by Gasteiger charge is 2.26. The number of likely N-dealkylation sites (N-methyl/N-ethyl adjacent to an activating group) is 1. The Hall–Kier alpha value is -2.30. The molecule has 0 fully saturated rings. The molecule has 1 aromatic carbocycles. The molecule has 23 heavy (non-hydrogen) atoms. The molecule has 1 atom stereocenters. The van der Waals surface area contributed by atoms with Gasteiger partial charge in [-0.3, -0.25) is 4.79 Å². The topological polar surface area (TPSA) is 59.8 Å². The summed E-state index contributed by atoms with van der Waals surface area (Å²) in [4.78, 5) is 25.4. The lowest BCUT2D eigenvalue weighted by Gasteiger charge is -2.24. The van der Waals surface area contributed by atoms with E-state index in [0.717, 1.165) is 17.4 Å². The van der Waals surface area contributed by atoms with E-state index in [-0.39, 0.29) is 17.5 Å². The summed E-state index contributed by atoms with van der Waals surface area (Å²) in [6.07, 6.45) is 0.166. The minimum Gasteiger partial charge on any atom is -0.480 e. The van der Waals surface area contributed by atoms with E-state index in [1.165, 1.54) is 11.0 Å². The first kappa shape index (κ1) is 17.1. The van der Waals surface area contributed by atoms with Gasteiger partial charge in [0, 0.05) is 31.6 Å². The number of carbonyl (C=O) groups excluding carboxylic acids is 1. The van der Waals surface area contributed by atoms with Crippen LogP contribution in [0.1, 0.15) is 26.3 Å². The third-order valence-corrected chi connectivity index (χ3v) is 3.74. The van der Waals surface area contributed by atoms with Crippen molar-refractivity contribution < 1.29 is 13.9 Å². The maximum Gasteiger partial charge on any atom is 0.336 e. The van der Waals surface area contributed by atoms with Crippen molar-refractivity contribution in [2.24, 2.45) is 5.92 Å². The van der Waals surface area contributed by atoms with E-state index in [1.807, 2.05) is 26.8 Å². The Balaban J connectivity index is 2.40. The number of hydrogen-bond acceptors (Lipinski definition) is 4. The highest BCUT2D eigenvalue weighted by atomic mass is 16.5. The molecule has 0 aliphatic heterocycles. The number of nitrogens with zero attached hydrogens (tertiary/aromatic N) is 1. The van der Waals surface area contributed by atoms with Gasteiger partial charge >= 0.3 is 5.63 Å². The standard InChI is InChI=1S/C18H23NO4/c1-6-12-9-16(20)23-15-10-13(7-8-14(12)15)22-17(11(2)3)18(21)19(4)5/h7-11,17H,6H2,1-5H3/t17-/m1/s1. The van der Waals surface area contributed by atoms with E-state index in [1.54, 1.807) is 26.2 Å². The first-order valence-corrected chi connectivity index (χ1v) is 7.78. The fourth-order valence-electron chi connectivity index (χ4n) is 2.45. The summed E-state index contributed by atoms with van der Waals surface area (Å²) < 4.78 is 11.1. The maximum absolute atomic E-state index is 12.2. The van der Waals surface area contributed by atoms with Crippen LogP contribution >= 0.6 is 0 Å². The number of fused-ring (bicyclic) bond motifs is 1. The third-order valence-electron chi connectivity index (χ3n) is 3.74. The number of amides is 1. The van der Waals surface area contributed by atoms with Gasteiger partial charge in [0.1, 0.15) is 11.3 Å². The van der Waals surface area contributed by atoms with Crippen LogP contribution in [0.15, 0.2) is 33.5 Å². The molecular formula is C18H23NO4. The van der Waals surface area contributed by atoms with Crippen molar-refractivity contribution in [3.63, 3.8) is 0 Å². The van der Waals surface area contributed by atoms with Gasteiger partial charge in [0.05, 0.1) is 0 Å². The van der Waals surface area contributed by atoms with Crippen molar-refractivity contribution in [3.05, 3.63) is 40.2 Å². The number of hydrogen-bond donors (Lipinski definition) is 0. The van der Waals surface area contributed by atoms with Gasteiger partial charge in [-0.1, -0.05) is 20.8 Å². The van der Waals surface area contributed by atoms with E-state index in [2.05, 4.69) is 0 Å². The Morgan fingerprint density at radius 1 is 1.26 bits per heavy atom. The molecule has 1 heterocycles. The summed E-state index contributed by atoms with van der Waals surface area (Å²) in [7, 11) is 3.40. The summed E-state index contributed by atoms with van der Waals surface area (Å²) in [5, 5.41) is 0.888. The van der Waals surface area contributed by atoms with Crippen LogP contribution in [0.4, 0.5) is 0 Å². The summed E-state index contributed by atoms with van der Waals surface area (Å²) in [6, 6.07) is 6.85. The second-order valence-corrected chi connectivity index (χ2v) is 6.12. The number of ether oxygens (including phenoxy) is 1. The van der Waals surface area contributed by atoms with Crippen LogP contribution < -0.4 is 10.4 Å². The van der Waals surface area contributed by atoms with Gasteiger partial charge in [0.25, 0.3) is 5.91 Å². The summed E-state index contributed by atoms with van der Waals surface area (Å²) in [5.74, 6) is 0.446. The zero-order valence-electron chi connectivity index (χ0n) is 14.3. The van der Waals surface area contributed by atoms with E-state index in [9.17, 15) is 9.59 Å². The Kier molecular flexibility index (Phi) is 5.08. The number of benzene rings is 1. The zero-order chi connectivity index (χ0) is 17.1. The number of aryl methyl sites for hydroxylation is 1. The smallest absolute Gasteiger partial charge is 0.336 e. The summed E-state index contributed by atoms with van der Waals surface area (Å²) in [6.45, 7) is 5.86. The normalized spacial score (nSPS) is 12.4. The van der Waals surface area contributed by atoms with E-state index in [0.29, 0.717) is 11.3 Å². The van der Waals surface area contributed by atoms with Crippen LogP contribution in [0.3, 0.4) is 0 Å². The van der Waals surface area contributed by atoms with Gasteiger partial charge in [-0.15, -0.1) is 0 Å². The zero-order valence-corrected chi connectivity index (χ0v) is 14.3. The average molecular weight is 317 g/mol. The van der Waals surface area contributed by atoms with Crippen molar-refractivity contribution in [1.82, 2.24) is 4.90 Å². The quantitative estimate of drug-likeness (QED) is 0.796. The first-order valence-electron chi connectivity index (χ1n) is 7.78. The predicted octanol–water partition coefficient (Wildman–Crippen LogP) is 2.85. The molecular weight excluding hydrogens is 294 g/mol. The van der Waals surface area contributed by atoms with Crippen molar-refractivity contribution in [2.45, 2.75) is 33.3 Å². The Labute approximate surface area is 135 Å². The molecule has 5 heteroatoms. The molecule has 2 rings (SSSR count). The van der Waals surface area contributed by atoms with Gasteiger partial charge in [-0.25, -0.2) is 4.79 Å². The van der Waals surface area contributed by atoms with Crippen LogP contribution in [0.25, 0.3) is 11.0 Å². The van der Waals surface area contributed by atoms with Crippen LogP contribution in [-0.2, 0) is 11.2 Å². The maximum atomic E-state index is 12.2. The van der Waals surface area contributed by atoms with Crippen molar-refractivity contribution >= 4 is 16.9 Å². The lowest BCUT2D eigenvalue weighted by Crippen LogP contribution is -2.41. The largest absolute Gasteiger partial charge is 0.480 e. The molecule has 0 spiro atoms. The molecule has 1 amide bonds. The van der Waals surface area contributed by atoms with E-state index < -0.39 is 6.10 Å². The second kappa shape index (κ2) is 6.86. The highest BCUT2D eigenvalue weighted by molar-refractivity contribution is 5.83. The first-order chi connectivity index (χ1) is 10.8. The minimum atomic E-state index is -0.580. The molecule has 5 nitrogen and oxygen atoms in total. The van der Waals surface area contributed by atoms with Crippen molar-refractivity contribution in [2.75, 3.05) is 14.1 Å². The molecule has 0 aliphatic carbocycles. The van der Waals surface area contributed by atoms with Gasteiger partial charge < -0.3 is 14.1 Å². The van der Waals surface area contributed by atoms with E-state index >= 15 is 0 Å². The Morgan fingerprint density at radius 2 is 1.96 bits per heavy atom. The molecule has 0 radical (unpaired) electrons. The van der Waals surface area contributed by atoms with Crippen LogP contribution in [0.5, 0.6) is 5.75 Å². The molecule has 0 aliphatic rings. The average Bonchev–Trinajstić information content (AvgIpc) is 2.50. The fourth-order valence-corrected chi connectivity index (χ4v) is 2.45. The van der Waals surface area contributed by atoms with Crippen molar-refractivity contribution in [3.8, 4) is 5.75 Å². The lowest BCUT2D eigenvalue weighted by atomic mass is 10.1. The molecule has 0 saturated carbocycles. The predicted molar refractivity (Wildman–Crippen MR) is 89.8 cm³/mol. The number of rotatable bonds is 5. The monoisotopic (exact) mass is 317 g/mol. The highest BCUT2D eigenvalue weighted by Crippen LogP contribution is 2.25. The van der Waals surface area contributed by atoms with Crippen LogP contribution in [0.2, 0.25) is 0 Å². The van der Waals surface area contributed by atoms with Crippen LogP contribution in [-0.4, -0.2) is 31.0 Å². The molecule has 0 unspecified atom stereocenters. The van der Waals surface area contributed by atoms with Gasteiger partial charge in [-0.05, 0) is 30.0 Å². The molecule has 0 saturated heterocycles. The molecule has 1 aromatic heterocycles. The Morgan fingerprint density at radius 3 is 2.52 bits per heavy atom. The molecule has 0 N–H and O–H groups in total. The summed E-state index contributed by atoms with van der Waals surface area (Å²) in [5.41, 5.74) is 1.04. The van der Waals surface area contributed by atoms with Crippen molar-refractivity contribution in [1.29, 1.82) is 0 Å². The lowest BCUT2D eigenvalue weighted by molar-refractivity contribution is -0.138. The van der Waals surface area contributed by atoms with Gasteiger partial charge in [0.15, 0.2) is 6.10 Å². The third kappa shape index (κ3) is 3.73. The SMILES string of the molecule is CCc1cc(=O)oc2cc(O[C@@H](C(=O)N(C)C)C(C)C)ccc12. The minimum absolute atomic E-state index is 0.0228. The van der Waals surface area contributed by atoms with Crippen LogP contribution in [0, 0.1) is 5.92 Å². The number of carbonyl (C=O) groups is 1. The Bertz CT molecular complexity index is 761. The molecule has 2 aromatic rings. The summed E-state index contributed by atoms with van der Waals surface area (Å²) >= 11 is 0.